The van der Waals surface area contributed by atoms with E-state index in [4.69, 9.17) is 4.74 Å². The highest BCUT2D eigenvalue weighted by atomic mass is 16.5. The molecule has 0 aliphatic heterocycles. The van der Waals surface area contributed by atoms with E-state index in [2.05, 4.69) is 27.3 Å². The van der Waals surface area contributed by atoms with Crippen molar-refractivity contribution in [3.63, 3.8) is 0 Å². The topological polar surface area (TPSA) is 81.9 Å². The summed E-state index contributed by atoms with van der Waals surface area (Å²) in [5, 5.41) is 7.56. The van der Waals surface area contributed by atoms with E-state index >= 15 is 0 Å². The first-order valence-corrected chi connectivity index (χ1v) is 10.7. The average Bonchev–Trinajstić information content (AvgIpc) is 2.99. The Labute approximate surface area is 183 Å². The monoisotopic (exact) mass is 421 g/mol. The largest absolute Gasteiger partial charge is 0.494 e. The van der Waals surface area contributed by atoms with Crippen LogP contribution in [0.1, 0.15) is 46.7 Å². The molecule has 164 valence electrons. The lowest BCUT2D eigenvalue weighted by Gasteiger charge is -2.08. The van der Waals surface area contributed by atoms with Gasteiger partial charge in [0.05, 0.1) is 18.7 Å². The smallest absolute Gasteiger partial charge is 0.251 e. The molecular weight excluding hydrogens is 390 g/mol. The molecular formula is C24H31N5O2. The van der Waals surface area contributed by atoms with Gasteiger partial charge in [-0.3, -0.25) is 4.79 Å². The fourth-order valence-electron chi connectivity index (χ4n) is 3.43. The summed E-state index contributed by atoms with van der Waals surface area (Å²) in [6.45, 7) is 11.1. The van der Waals surface area contributed by atoms with Crippen molar-refractivity contribution in [2.45, 2.75) is 53.9 Å². The zero-order valence-corrected chi connectivity index (χ0v) is 19.0. The van der Waals surface area contributed by atoms with Gasteiger partial charge in [-0.2, -0.15) is 5.10 Å². The second-order valence-corrected chi connectivity index (χ2v) is 7.91. The van der Waals surface area contributed by atoms with E-state index < -0.39 is 0 Å². The van der Waals surface area contributed by atoms with Crippen molar-refractivity contribution in [3.05, 3.63) is 64.2 Å². The van der Waals surface area contributed by atoms with E-state index in [1.165, 1.54) is 5.56 Å². The van der Waals surface area contributed by atoms with Crippen LogP contribution < -0.4 is 10.1 Å². The summed E-state index contributed by atoms with van der Waals surface area (Å²) in [4.78, 5) is 21.4. The Balaban J connectivity index is 1.47. The summed E-state index contributed by atoms with van der Waals surface area (Å²) in [5.41, 5.74) is 5.63. The summed E-state index contributed by atoms with van der Waals surface area (Å²) in [5.74, 6) is 1.41. The third kappa shape index (κ3) is 6.13. The van der Waals surface area contributed by atoms with Crippen molar-refractivity contribution in [1.29, 1.82) is 0 Å². The number of nitrogens with zero attached hydrogens (tertiary/aromatic N) is 4. The second kappa shape index (κ2) is 10.2. The first-order valence-electron chi connectivity index (χ1n) is 10.7. The van der Waals surface area contributed by atoms with Crippen molar-refractivity contribution in [2.24, 2.45) is 0 Å². The van der Waals surface area contributed by atoms with Crippen LogP contribution in [0.25, 0.3) is 5.95 Å². The Bertz CT molecular complexity index is 1020. The zero-order chi connectivity index (χ0) is 22.4. The third-order valence-electron chi connectivity index (χ3n) is 5.12. The maximum absolute atomic E-state index is 12.4. The van der Waals surface area contributed by atoms with Crippen LogP contribution in [0, 0.1) is 34.6 Å². The number of hydrogen-bond acceptors (Lipinski definition) is 5. The Morgan fingerprint density at radius 2 is 1.68 bits per heavy atom. The first kappa shape index (κ1) is 22.5. The molecule has 3 aromatic rings. The third-order valence-corrected chi connectivity index (χ3v) is 5.12. The summed E-state index contributed by atoms with van der Waals surface area (Å²) < 4.78 is 7.44. The fraction of sp³-hybridized carbons (Fsp3) is 0.417. The van der Waals surface area contributed by atoms with Crippen molar-refractivity contribution in [2.75, 3.05) is 13.2 Å². The molecule has 2 aromatic heterocycles. The van der Waals surface area contributed by atoms with Gasteiger partial charge in [0, 0.05) is 29.2 Å². The predicted molar refractivity (Wildman–Crippen MR) is 121 cm³/mol. The average molecular weight is 422 g/mol. The van der Waals surface area contributed by atoms with Crippen molar-refractivity contribution in [3.8, 4) is 11.7 Å². The highest BCUT2D eigenvalue weighted by Gasteiger charge is 2.17. The molecule has 0 saturated carbocycles. The van der Waals surface area contributed by atoms with Gasteiger partial charge in [0.1, 0.15) is 5.75 Å². The van der Waals surface area contributed by atoms with Gasteiger partial charge >= 0.3 is 0 Å². The predicted octanol–water partition coefficient (Wildman–Crippen LogP) is 3.72. The van der Waals surface area contributed by atoms with Crippen molar-refractivity contribution in [1.82, 2.24) is 25.1 Å². The minimum Gasteiger partial charge on any atom is -0.494 e. The van der Waals surface area contributed by atoms with E-state index in [9.17, 15) is 4.79 Å². The number of carbonyl (C=O) groups is 1. The molecule has 0 aliphatic rings. The summed E-state index contributed by atoms with van der Waals surface area (Å²) in [7, 11) is 0. The summed E-state index contributed by atoms with van der Waals surface area (Å²) >= 11 is 0. The molecule has 1 aromatic carbocycles. The van der Waals surface area contributed by atoms with Gasteiger partial charge in [-0.25, -0.2) is 14.6 Å². The van der Waals surface area contributed by atoms with Crippen LogP contribution >= 0.6 is 0 Å². The number of benzene rings is 1. The Hall–Kier alpha value is -3.22. The Morgan fingerprint density at radius 1 is 1.00 bits per heavy atom. The lowest BCUT2D eigenvalue weighted by Crippen LogP contribution is -2.26. The first-order chi connectivity index (χ1) is 14.8. The molecule has 0 bridgehead atoms. The van der Waals surface area contributed by atoms with Gasteiger partial charge in [-0.1, -0.05) is 17.7 Å². The van der Waals surface area contributed by atoms with E-state index in [1.807, 2.05) is 58.0 Å². The number of aryl methyl sites for hydroxylation is 4. The van der Waals surface area contributed by atoms with Gasteiger partial charge in [0.2, 0.25) is 5.91 Å². The van der Waals surface area contributed by atoms with Crippen LogP contribution in [0.4, 0.5) is 0 Å². The number of amides is 1. The van der Waals surface area contributed by atoms with Crippen LogP contribution in [-0.2, 0) is 11.2 Å². The number of ether oxygens (including phenoxy) is 1. The fourth-order valence-corrected chi connectivity index (χ4v) is 3.43. The van der Waals surface area contributed by atoms with E-state index in [1.54, 1.807) is 4.68 Å². The lowest BCUT2D eigenvalue weighted by atomic mass is 10.1. The molecule has 1 N–H and O–H groups in total. The van der Waals surface area contributed by atoms with Crippen LogP contribution in [0.3, 0.4) is 0 Å². The van der Waals surface area contributed by atoms with Gasteiger partial charge in [0.15, 0.2) is 0 Å². The van der Waals surface area contributed by atoms with Crippen LogP contribution in [-0.4, -0.2) is 38.8 Å². The van der Waals surface area contributed by atoms with Crippen molar-refractivity contribution < 1.29 is 9.53 Å². The molecule has 0 saturated heterocycles. The highest BCUT2D eigenvalue weighted by Crippen LogP contribution is 2.17. The molecule has 0 fully saturated rings. The molecule has 31 heavy (non-hydrogen) atoms. The number of aromatic nitrogens is 4. The molecule has 3 rings (SSSR count). The molecule has 7 nitrogen and oxygen atoms in total. The maximum Gasteiger partial charge on any atom is 0.251 e. The van der Waals surface area contributed by atoms with Gasteiger partial charge in [0.25, 0.3) is 5.95 Å². The van der Waals surface area contributed by atoms with Gasteiger partial charge in [-0.15, -0.1) is 0 Å². The molecule has 0 unspecified atom stereocenters. The summed E-state index contributed by atoms with van der Waals surface area (Å²) in [6, 6.07) is 9.95. The van der Waals surface area contributed by atoms with E-state index in [-0.39, 0.29) is 5.91 Å². The standard InChI is InChI=1S/C24H31N5O2/c1-16-8-10-21(11-9-16)31-13-7-6-12-25-23(30)15-22-19(4)28-29(20(22)5)24-26-17(2)14-18(3)27-24/h8-11,14H,6-7,12-13,15H2,1-5H3,(H,25,30). The molecule has 0 radical (unpaired) electrons. The zero-order valence-electron chi connectivity index (χ0n) is 19.0. The number of rotatable bonds is 9. The Kier molecular flexibility index (Phi) is 7.39. The SMILES string of the molecule is Cc1ccc(OCCCCNC(=O)Cc2c(C)nn(-c3nc(C)cc(C)n3)c2C)cc1. The minimum absolute atomic E-state index is 0.00783. The highest BCUT2D eigenvalue weighted by molar-refractivity contribution is 5.79. The Morgan fingerprint density at radius 3 is 2.35 bits per heavy atom. The van der Waals surface area contributed by atoms with Crippen molar-refractivity contribution >= 4 is 5.91 Å². The number of hydrogen-bond donors (Lipinski definition) is 1. The maximum atomic E-state index is 12.4. The number of unbranched alkanes of at least 4 members (excludes halogenated alkanes) is 1. The van der Waals surface area contributed by atoms with E-state index in [0.29, 0.717) is 25.5 Å². The van der Waals surface area contributed by atoms with Crippen LogP contribution in [0.2, 0.25) is 0 Å². The van der Waals surface area contributed by atoms with Gasteiger partial charge in [-0.05, 0) is 65.7 Å². The van der Waals surface area contributed by atoms with Crippen LogP contribution in [0.15, 0.2) is 30.3 Å². The number of carbonyl (C=O) groups excluding carboxylic acids is 1. The summed E-state index contributed by atoms with van der Waals surface area (Å²) in [6.07, 6.45) is 2.04. The lowest BCUT2D eigenvalue weighted by molar-refractivity contribution is -0.120. The van der Waals surface area contributed by atoms with Gasteiger partial charge < -0.3 is 10.1 Å². The molecule has 1 amide bonds. The second-order valence-electron chi connectivity index (χ2n) is 7.91. The molecule has 0 spiro atoms. The molecule has 2 heterocycles. The minimum atomic E-state index is -0.00783. The molecule has 7 heteroatoms. The molecule has 0 aliphatic carbocycles. The quantitative estimate of drug-likeness (QED) is 0.533. The van der Waals surface area contributed by atoms with E-state index in [0.717, 1.165) is 46.9 Å². The van der Waals surface area contributed by atoms with Crippen LogP contribution in [0.5, 0.6) is 5.75 Å². The molecule has 0 atom stereocenters. The number of nitrogens with one attached hydrogen (secondary N) is 1. The normalized spacial score (nSPS) is 10.9.